The fourth-order valence-electron chi connectivity index (χ4n) is 2.62. The van der Waals surface area contributed by atoms with Crippen LogP contribution in [0.5, 0.6) is 0 Å². The Morgan fingerprint density at radius 1 is 1.24 bits per heavy atom. The Kier molecular flexibility index (Phi) is 6.20. The highest BCUT2D eigenvalue weighted by Gasteiger charge is 2.45. The Morgan fingerprint density at radius 2 is 1.86 bits per heavy atom. The van der Waals surface area contributed by atoms with Gasteiger partial charge in [0.2, 0.25) is 11.8 Å². The molecule has 0 radical (unpaired) electrons. The number of nitrogens with one attached hydrogen (secondary N) is 1. The van der Waals surface area contributed by atoms with Crippen LogP contribution in [-0.2, 0) is 14.3 Å². The number of carbonyl (C=O) groups excluding carboxylic acids is 2. The first-order chi connectivity index (χ1) is 9.66. The summed E-state index contributed by atoms with van der Waals surface area (Å²) in [4.78, 5) is 26.5. The Labute approximate surface area is 128 Å². The Balaban J connectivity index is 2.64. The highest BCUT2D eigenvalue weighted by atomic mass is 16.5. The normalized spacial score (nSPS) is 22.1. The minimum atomic E-state index is -0.818. The molecule has 1 unspecified atom stereocenters. The number of carbonyl (C=O) groups is 2. The molecule has 0 saturated carbocycles. The fourth-order valence-corrected chi connectivity index (χ4v) is 2.62. The Morgan fingerprint density at radius 3 is 2.38 bits per heavy atom. The van der Waals surface area contributed by atoms with Gasteiger partial charge in [-0.2, -0.15) is 0 Å². The average Bonchev–Trinajstić information content (AvgIpc) is 2.33. The van der Waals surface area contributed by atoms with Crippen molar-refractivity contribution in [2.45, 2.75) is 59.5 Å². The van der Waals surface area contributed by atoms with E-state index in [0.29, 0.717) is 19.1 Å². The van der Waals surface area contributed by atoms with Crippen molar-refractivity contribution in [3.05, 3.63) is 0 Å². The molecule has 1 rings (SSSR count). The lowest BCUT2D eigenvalue weighted by atomic mass is 9.91. The number of nitrogens with zero attached hydrogens (tertiary/aromatic N) is 1. The monoisotopic (exact) mass is 298 g/mol. The van der Waals surface area contributed by atoms with Crippen LogP contribution in [0.25, 0.3) is 0 Å². The Bertz CT molecular complexity index is 378. The van der Waals surface area contributed by atoms with Crippen molar-refractivity contribution in [2.75, 3.05) is 19.8 Å². The van der Waals surface area contributed by atoms with Crippen molar-refractivity contribution in [3.8, 4) is 0 Å². The molecular weight excluding hydrogens is 268 g/mol. The average molecular weight is 298 g/mol. The second-order valence-corrected chi connectivity index (χ2v) is 7.12. The van der Waals surface area contributed by atoms with Crippen LogP contribution in [-0.4, -0.2) is 48.1 Å². The van der Waals surface area contributed by atoms with E-state index in [9.17, 15) is 9.59 Å². The van der Waals surface area contributed by atoms with Crippen LogP contribution in [0.3, 0.4) is 0 Å². The molecule has 0 aromatic heterocycles. The van der Waals surface area contributed by atoms with E-state index < -0.39 is 5.54 Å². The zero-order valence-corrected chi connectivity index (χ0v) is 14.2. The molecule has 5 nitrogen and oxygen atoms in total. The van der Waals surface area contributed by atoms with Crippen molar-refractivity contribution < 1.29 is 14.3 Å². The smallest absolute Gasteiger partial charge is 0.248 e. The van der Waals surface area contributed by atoms with Crippen molar-refractivity contribution >= 4 is 11.8 Å². The molecule has 21 heavy (non-hydrogen) atoms. The number of rotatable bonds is 7. The molecule has 0 aromatic rings. The third-order valence-corrected chi connectivity index (χ3v) is 3.61. The van der Waals surface area contributed by atoms with Gasteiger partial charge >= 0.3 is 0 Å². The van der Waals surface area contributed by atoms with Gasteiger partial charge in [-0.15, -0.1) is 0 Å². The third kappa shape index (κ3) is 4.70. The molecule has 1 saturated heterocycles. The molecule has 5 heteroatoms. The summed E-state index contributed by atoms with van der Waals surface area (Å²) in [6, 6.07) is -0.379. The Hall–Kier alpha value is -1.10. The number of amides is 2. The maximum Gasteiger partial charge on any atom is 0.248 e. The number of hydrogen-bond donors (Lipinski definition) is 1. The molecule has 122 valence electrons. The summed E-state index contributed by atoms with van der Waals surface area (Å²) in [7, 11) is 0. The number of piperazine rings is 1. The van der Waals surface area contributed by atoms with Crippen LogP contribution < -0.4 is 5.32 Å². The van der Waals surface area contributed by atoms with Gasteiger partial charge in [0.25, 0.3) is 0 Å². The van der Waals surface area contributed by atoms with Crippen LogP contribution in [0.2, 0.25) is 0 Å². The van der Waals surface area contributed by atoms with E-state index in [0.717, 1.165) is 13.0 Å². The SMILES string of the molecule is CC(C)COCCCN1C(=O)C(C)(C)NC(=O)C1C(C)C. The molecule has 1 N–H and O–H groups in total. The summed E-state index contributed by atoms with van der Waals surface area (Å²) in [5, 5.41) is 2.82. The van der Waals surface area contributed by atoms with Gasteiger partial charge in [0.05, 0.1) is 0 Å². The zero-order chi connectivity index (χ0) is 16.2. The topological polar surface area (TPSA) is 58.6 Å². The summed E-state index contributed by atoms with van der Waals surface area (Å²) < 4.78 is 5.56. The standard InChI is InChI=1S/C16H30N2O3/c1-11(2)10-21-9-7-8-18-13(12(3)4)14(19)17-16(5,6)15(18)20/h11-13H,7-10H2,1-6H3,(H,17,19). The van der Waals surface area contributed by atoms with Crippen LogP contribution in [0.4, 0.5) is 0 Å². The van der Waals surface area contributed by atoms with Crippen LogP contribution in [0.15, 0.2) is 0 Å². The van der Waals surface area contributed by atoms with Gasteiger partial charge in [-0.05, 0) is 32.1 Å². The van der Waals surface area contributed by atoms with Gasteiger partial charge < -0.3 is 15.0 Å². The lowest BCUT2D eigenvalue weighted by molar-refractivity contribution is -0.155. The van der Waals surface area contributed by atoms with E-state index in [2.05, 4.69) is 19.2 Å². The molecule has 0 bridgehead atoms. The highest BCUT2D eigenvalue weighted by molar-refractivity contribution is 5.99. The summed E-state index contributed by atoms with van der Waals surface area (Å²) >= 11 is 0. The van der Waals surface area contributed by atoms with E-state index >= 15 is 0 Å². The largest absolute Gasteiger partial charge is 0.381 e. The second-order valence-electron chi connectivity index (χ2n) is 7.12. The first kappa shape index (κ1) is 18.0. The lowest BCUT2D eigenvalue weighted by Gasteiger charge is -2.44. The van der Waals surface area contributed by atoms with E-state index in [1.165, 1.54) is 0 Å². The molecule has 2 amide bonds. The van der Waals surface area contributed by atoms with Gasteiger partial charge in [0.1, 0.15) is 11.6 Å². The van der Waals surface area contributed by atoms with Crippen molar-refractivity contribution in [2.24, 2.45) is 11.8 Å². The molecule has 0 aromatic carbocycles. The van der Waals surface area contributed by atoms with Crippen LogP contribution in [0, 0.1) is 11.8 Å². The molecule has 1 aliphatic heterocycles. The van der Waals surface area contributed by atoms with E-state index in [4.69, 9.17) is 4.74 Å². The summed E-state index contributed by atoms with van der Waals surface area (Å²) in [6.45, 7) is 13.6. The molecule has 0 aliphatic carbocycles. The van der Waals surface area contributed by atoms with Crippen LogP contribution in [0.1, 0.15) is 48.0 Å². The maximum atomic E-state index is 12.5. The number of hydrogen-bond acceptors (Lipinski definition) is 3. The first-order valence-electron chi connectivity index (χ1n) is 7.87. The van der Waals surface area contributed by atoms with E-state index in [1.54, 1.807) is 18.7 Å². The predicted octanol–water partition coefficient (Wildman–Crippen LogP) is 1.81. The van der Waals surface area contributed by atoms with Gasteiger partial charge in [-0.3, -0.25) is 9.59 Å². The summed E-state index contributed by atoms with van der Waals surface area (Å²) in [6.07, 6.45) is 0.755. The predicted molar refractivity (Wildman–Crippen MR) is 82.8 cm³/mol. The van der Waals surface area contributed by atoms with Crippen molar-refractivity contribution in [3.63, 3.8) is 0 Å². The fraction of sp³-hybridized carbons (Fsp3) is 0.875. The zero-order valence-electron chi connectivity index (χ0n) is 14.2. The maximum absolute atomic E-state index is 12.5. The lowest BCUT2D eigenvalue weighted by Crippen LogP contribution is -2.69. The van der Waals surface area contributed by atoms with Crippen molar-refractivity contribution in [1.29, 1.82) is 0 Å². The van der Waals surface area contributed by atoms with Gasteiger partial charge in [0.15, 0.2) is 0 Å². The van der Waals surface area contributed by atoms with E-state index in [-0.39, 0.29) is 23.8 Å². The number of ether oxygens (including phenoxy) is 1. The molecular formula is C16H30N2O3. The van der Waals surface area contributed by atoms with Crippen molar-refractivity contribution in [1.82, 2.24) is 10.2 Å². The minimum Gasteiger partial charge on any atom is -0.381 e. The minimum absolute atomic E-state index is 0.00957. The quantitative estimate of drug-likeness (QED) is 0.729. The highest BCUT2D eigenvalue weighted by Crippen LogP contribution is 2.22. The second kappa shape index (κ2) is 7.25. The van der Waals surface area contributed by atoms with Gasteiger partial charge in [-0.25, -0.2) is 0 Å². The van der Waals surface area contributed by atoms with Gasteiger partial charge in [0, 0.05) is 19.8 Å². The first-order valence-corrected chi connectivity index (χ1v) is 7.87. The molecule has 1 aliphatic rings. The van der Waals surface area contributed by atoms with E-state index in [1.807, 2.05) is 13.8 Å². The van der Waals surface area contributed by atoms with Crippen LogP contribution >= 0.6 is 0 Å². The molecule has 1 heterocycles. The summed E-state index contributed by atoms with van der Waals surface area (Å²) in [5.74, 6) is 0.540. The third-order valence-electron chi connectivity index (χ3n) is 3.61. The van der Waals surface area contributed by atoms with Gasteiger partial charge in [-0.1, -0.05) is 27.7 Å². The molecule has 1 atom stereocenters. The molecule has 1 fully saturated rings. The summed E-state index contributed by atoms with van der Waals surface area (Å²) in [5.41, 5.74) is -0.818. The molecule has 0 spiro atoms.